The second-order valence-corrected chi connectivity index (χ2v) is 7.48. The molecule has 1 unspecified atom stereocenters. The molecule has 2 aromatic heterocycles. The molecular formula is C18H19F3N2OS. The molecule has 2 heterocycles. The maximum atomic E-state index is 12.6. The maximum absolute atomic E-state index is 12.6. The van der Waals surface area contributed by atoms with Gasteiger partial charge in [0, 0.05) is 22.7 Å². The smallest absolute Gasteiger partial charge is 0.349 e. The molecule has 1 atom stereocenters. The van der Waals surface area contributed by atoms with Gasteiger partial charge in [-0.15, -0.1) is 11.3 Å². The Morgan fingerprint density at radius 2 is 1.96 bits per heavy atom. The van der Waals surface area contributed by atoms with E-state index in [1.54, 1.807) is 12.1 Å². The Kier molecular flexibility index (Phi) is 5.13. The zero-order valence-electron chi connectivity index (χ0n) is 13.8. The normalized spacial score (nSPS) is 16.8. The number of alkyl halides is 3. The van der Waals surface area contributed by atoms with E-state index in [0.29, 0.717) is 16.4 Å². The summed E-state index contributed by atoms with van der Waals surface area (Å²) in [7, 11) is 0. The van der Waals surface area contributed by atoms with Crippen molar-refractivity contribution in [3.63, 3.8) is 0 Å². The summed E-state index contributed by atoms with van der Waals surface area (Å²) in [4.78, 5) is 17.1. The molecule has 3 nitrogen and oxygen atoms in total. The molecule has 0 spiro atoms. The van der Waals surface area contributed by atoms with Crippen molar-refractivity contribution >= 4 is 17.2 Å². The van der Waals surface area contributed by atoms with Gasteiger partial charge in [0.15, 0.2) is 0 Å². The number of pyridine rings is 1. The fourth-order valence-corrected chi connectivity index (χ4v) is 4.07. The zero-order valence-corrected chi connectivity index (χ0v) is 14.6. The van der Waals surface area contributed by atoms with E-state index in [4.69, 9.17) is 0 Å². The minimum atomic E-state index is -4.45. The Bertz CT molecular complexity index is 734. The Labute approximate surface area is 148 Å². The summed E-state index contributed by atoms with van der Waals surface area (Å²) in [5.41, 5.74) is -0.350. The summed E-state index contributed by atoms with van der Waals surface area (Å²) in [5.74, 6) is 0.401. The van der Waals surface area contributed by atoms with Gasteiger partial charge in [-0.05, 0) is 49.9 Å². The Hall–Kier alpha value is -1.89. The summed E-state index contributed by atoms with van der Waals surface area (Å²) in [6.45, 7) is 2.03. The van der Waals surface area contributed by atoms with E-state index in [0.717, 1.165) is 23.8 Å². The third kappa shape index (κ3) is 4.21. The number of carbonyl (C=O) groups is 1. The molecule has 0 radical (unpaired) electrons. The molecule has 0 aromatic carbocycles. The van der Waals surface area contributed by atoms with Gasteiger partial charge < -0.3 is 5.32 Å². The fraction of sp³-hybridized carbons (Fsp3) is 0.444. The van der Waals surface area contributed by atoms with Crippen LogP contribution in [0.25, 0.3) is 10.4 Å². The predicted octanol–water partition coefficient (Wildman–Crippen LogP) is 5.14. The molecule has 1 saturated carbocycles. The van der Waals surface area contributed by atoms with Crippen molar-refractivity contribution in [3.8, 4) is 10.4 Å². The molecule has 134 valence electrons. The molecule has 0 aliphatic heterocycles. The monoisotopic (exact) mass is 368 g/mol. The number of nitrogens with one attached hydrogen (secondary N) is 1. The predicted molar refractivity (Wildman–Crippen MR) is 91.4 cm³/mol. The molecule has 3 rings (SSSR count). The maximum Gasteiger partial charge on any atom is 0.433 e. The molecule has 2 aromatic rings. The van der Waals surface area contributed by atoms with E-state index >= 15 is 0 Å². The molecule has 1 N–H and O–H groups in total. The molecule has 1 fully saturated rings. The van der Waals surface area contributed by atoms with Crippen LogP contribution in [0.15, 0.2) is 30.5 Å². The lowest BCUT2D eigenvalue weighted by molar-refractivity contribution is -0.141. The van der Waals surface area contributed by atoms with Crippen molar-refractivity contribution in [2.24, 2.45) is 5.92 Å². The Morgan fingerprint density at radius 1 is 1.24 bits per heavy atom. The van der Waals surface area contributed by atoms with Crippen molar-refractivity contribution in [1.82, 2.24) is 10.3 Å². The van der Waals surface area contributed by atoms with Crippen LogP contribution in [0, 0.1) is 5.92 Å². The van der Waals surface area contributed by atoms with Crippen LogP contribution in [0.5, 0.6) is 0 Å². The Morgan fingerprint density at radius 3 is 2.56 bits per heavy atom. The standard InChI is InChI=1S/C18H19F3N2OS/c1-11(12-4-2-3-5-12)23-17(24)15-8-7-14(25-15)13-6-9-16(22-10-13)18(19,20)21/h6-12H,2-5H2,1H3,(H,23,24). The third-order valence-corrected chi connectivity index (χ3v) is 5.77. The lowest BCUT2D eigenvalue weighted by Gasteiger charge is -2.19. The van der Waals surface area contributed by atoms with Crippen LogP contribution >= 0.6 is 11.3 Å². The number of hydrogen-bond donors (Lipinski definition) is 1. The quantitative estimate of drug-likeness (QED) is 0.812. The van der Waals surface area contributed by atoms with Gasteiger partial charge in [0.05, 0.1) is 4.88 Å². The number of thiophene rings is 1. The van der Waals surface area contributed by atoms with Gasteiger partial charge >= 0.3 is 6.18 Å². The topological polar surface area (TPSA) is 42.0 Å². The average Bonchev–Trinajstić information content (AvgIpc) is 3.26. The second-order valence-electron chi connectivity index (χ2n) is 6.40. The lowest BCUT2D eigenvalue weighted by atomic mass is 10.00. The molecule has 25 heavy (non-hydrogen) atoms. The summed E-state index contributed by atoms with van der Waals surface area (Å²) in [6.07, 6.45) is 1.47. The molecule has 0 saturated heterocycles. The van der Waals surface area contributed by atoms with E-state index < -0.39 is 11.9 Å². The number of hydrogen-bond acceptors (Lipinski definition) is 3. The summed E-state index contributed by atoms with van der Waals surface area (Å²) >= 11 is 1.26. The van der Waals surface area contributed by atoms with Gasteiger partial charge in [-0.1, -0.05) is 12.8 Å². The van der Waals surface area contributed by atoms with E-state index in [9.17, 15) is 18.0 Å². The van der Waals surface area contributed by atoms with Crippen LogP contribution in [0.2, 0.25) is 0 Å². The first-order chi connectivity index (χ1) is 11.8. The molecule has 1 amide bonds. The van der Waals surface area contributed by atoms with Gasteiger partial charge in [0.25, 0.3) is 5.91 Å². The number of carbonyl (C=O) groups excluding carboxylic acids is 1. The van der Waals surface area contributed by atoms with Crippen LogP contribution in [-0.4, -0.2) is 16.9 Å². The van der Waals surface area contributed by atoms with Gasteiger partial charge in [0.2, 0.25) is 0 Å². The van der Waals surface area contributed by atoms with E-state index in [1.165, 1.54) is 36.4 Å². The second kappa shape index (κ2) is 7.15. The Balaban J connectivity index is 1.68. The SMILES string of the molecule is CC(NC(=O)c1ccc(-c2ccc(C(F)(F)F)nc2)s1)C1CCCC1. The number of aromatic nitrogens is 1. The van der Waals surface area contributed by atoms with Crippen LogP contribution in [-0.2, 0) is 6.18 Å². The number of nitrogens with zero attached hydrogens (tertiary/aromatic N) is 1. The van der Waals surface area contributed by atoms with Gasteiger partial charge in [-0.3, -0.25) is 9.78 Å². The van der Waals surface area contributed by atoms with Crippen LogP contribution in [0.4, 0.5) is 13.2 Å². The van der Waals surface area contributed by atoms with E-state index in [2.05, 4.69) is 10.3 Å². The van der Waals surface area contributed by atoms with Gasteiger partial charge in [0.1, 0.15) is 5.69 Å². The van der Waals surface area contributed by atoms with Gasteiger partial charge in [-0.2, -0.15) is 13.2 Å². The molecule has 0 bridgehead atoms. The summed E-state index contributed by atoms with van der Waals surface area (Å²) < 4.78 is 37.7. The number of halogens is 3. The van der Waals surface area contributed by atoms with E-state index in [-0.39, 0.29) is 11.9 Å². The third-order valence-electron chi connectivity index (χ3n) is 4.63. The van der Waals surface area contributed by atoms with Gasteiger partial charge in [-0.25, -0.2) is 0 Å². The highest BCUT2D eigenvalue weighted by Crippen LogP contribution is 2.32. The number of amides is 1. The first-order valence-corrected chi connectivity index (χ1v) is 9.10. The highest BCUT2D eigenvalue weighted by molar-refractivity contribution is 7.17. The average molecular weight is 368 g/mol. The van der Waals surface area contributed by atoms with Crippen LogP contribution < -0.4 is 5.32 Å². The minimum Gasteiger partial charge on any atom is -0.349 e. The minimum absolute atomic E-state index is 0.129. The highest BCUT2D eigenvalue weighted by atomic mass is 32.1. The molecule has 1 aliphatic carbocycles. The van der Waals surface area contributed by atoms with Crippen molar-refractivity contribution < 1.29 is 18.0 Å². The van der Waals surface area contributed by atoms with Crippen LogP contribution in [0.3, 0.4) is 0 Å². The zero-order chi connectivity index (χ0) is 18.0. The van der Waals surface area contributed by atoms with Crippen molar-refractivity contribution in [2.45, 2.75) is 44.8 Å². The van der Waals surface area contributed by atoms with Crippen LogP contribution in [0.1, 0.15) is 48.0 Å². The van der Waals surface area contributed by atoms with Crippen molar-refractivity contribution in [2.75, 3.05) is 0 Å². The fourth-order valence-electron chi connectivity index (χ4n) is 3.18. The largest absolute Gasteiger partial charge is 0.433 e. The van der Waals surface area contributed by atoms with Crippen molar-refractivity contribution in [1.29, 1.82) is 0 Å². The molecule has 7 heteroatoms. The summed E-state index contributed by atoms with van der Waals surface area (Å²) in [6, 6.07) is 5.91. The first kappa shape index (κ1) is 17.9. The first-order valence-electron chi connectivity index (χ1n) is 8.29. The van der Waals surface area contributed by atoms with Crippen molar-refractivity contribution in [3.05, 3.63) is 41.0 Å². The molecule has 1 aliphatic rings. The number of rotatable bonds is 4. The molecular weight excluding hydrogens is 349 g/mol. The summed E-state index contributed by atoms with van der Waals surface area (Å²) in [5, 5.41) is 3.04. The highest BCUT2D eigenvalue weighted by Gasteiger charge is 2.32. The lowest BCUT2D eigenvalue weighted by Crippen LogP contribution is -2.36. The van der Waals surface area contributed by atoms with E-state index in [1.807, 2.05) is 6.92 Å².